The number of unbranched alkanes of at least 4 members (excludes halogenated alkanes) is 3. The van der Waals surface area contributed by atoms with Gasteiger partial charge in [0.05, 0.1) is 6.10 Å². The van der Waals surface area contributed by atoms with Crippen molar-refractivity contribution >= 4 is 5.97 Å². The van der Waals surface area contributed by atoms with E-state index >= 15 is 0 Å². The molecule has 0 unspecified atom stereocenters. The van der Waals surface area contributed by atoms with Crippen LogP contribution in [-0.2, 0) is 4.79 Å². The highest BCUT2D eigenvalue weighted by Gasteiger charge is 1.96. The molecule has 0 heterocycles. The molecule has 0 spiro atoms. The van der Waals surface area contributed by atoms with E-state index in [0.29, 0.717) is 6.42 Å². The van der Waals surface area contributed by atoms with Crippen molar-refractivity contribution < 1.29 is 15.0 Å². The Hall–Kier alpha value is -1.87. The molecule has 0 saturated carbocycles. The van der Waals surface area contributed by atoms with E-state index < -0.39 is 12.1 Å². The minimum atomic E-state index is -0.723. The fraction of sp³-hybridized carbons (Fsp3) is 0.500. The van der Waals surface area contributed by atoms with Crippen molar-refractivity contribution in [1.29, 1.82) is 0 Å². The van der Waals surface area contributed by atoms with Crippen molar-refractivity contribution in [3.8, 4) is 0 Å². The molecule has 0 aromatic rings. The Morgan fingerprint density at radius 3 is 2.32 bits per heavy atom. The maximum absolute atomic E-state index is 10.4. The van der Waals surface area contributed by atoms with Gasteiger partial charge in [-0.2, -0.15) is 0 Å². The first-order valence-electron chi connectivity index (χ1n) is 9.35. The molecule has 0 aliphatic rings. The van der Waals surface area contributed by atoms with E-state index in [2.05, 4.69) is 43.4 Å². The monoisotopic (exact) mass is 346 g/mol. The summed E-state index contributed by atoms with van der Waals surface area (Å²) in [5, 5.41) is 18.3. The Morgan fingerprint density at radius 2 is 1.60 bits per heavy atom. The fourth-order valence-corrected chi connectivity index (χ4v) is 2.11. The summed E-state index contributed by atoms with van der Waals surface area (Å²) in [7, 11) is 0. The van der Waals surface area contributed by atoms with Gasteiger partial charge in [0.2, 0.25) is 0 Å². The number of carbonyl (C=O) groups is 1. The van der Waals surface area contributed by atoms with E-state index in [1.807, 2.05) is 18.2 Å². The second-order valence-electron chi connectivity index (χ2n) is 5.90. The smallest absolute Gasteiger partial charge is 0.303 e. The molecule has 0 rings (SSSR count). The molecule has 1 atom stereocenters. The summed E-state index contributed by atoms with van der Waals surface area (Å²) >= 11 is 0. The lowest BCUT2D eigenvalue weighted by Crippen LogP contribution is -1.98. The minimum Gasteiger partial charge on any atom is -0.481 e. The van der Waals surface area contributed by atoms with Gasteiger partial charge in [-0.25, -0.2) is 0 Å². The van der Waals surface area contributed by atoms with Crippen LogP contribution < -0.4 is 0 Å². The maximum Gasteiger partial charge on any atom is 0.303 e. The molecule has 0 aliphatic carbocycles. The number of aliphatic carboxylic acids is 1. The first-order valence-corrected chi connectivity index (χ1v) is 9.35. The molecule has 0 aromatic heterocycles. The Bertz CT molecular complexity index is 456. The van der Waals surface area contributed by atoms with Crippen LogP contribution in [0.2, 0.25) is 0 Å². The molecular weight excluding hydrogens is 312 g/mol. The molecule has 0 saturated heterocycles. The van der Waals surface area contributed by atoms with Gasteiger partial charge in [-0.05, 0) is 44.9 Å². The van der Waals surface area contributed by atoms with Crippen LogP contribution in [0.4, 0.5) is 0 Å². The lowest BCUT2D eigenvalue weighted by molar-refractivity contribution is -0.137. The van der Waals surface area contributed by atoms with Crippen molar-refractivity contribution in [3.63, 3.8) is 0 Å². The summed E-state index contributed by atoms with van der Waals surface area (Å²) in [5.74, 6) is -0.723. The van der Waals surface area contributed by atoms with Gasteiger partial charge in [0.25, 0.3) is 0 Å². The molecule has 0 radical (unpaired) electrons. The summed E-state index contributed by atoms with van der Waals surface area (Å²) in [4.78, 5) is 10.4. The normalized spacial score (nSPS) is 14.0. The Morgan fingerprint density at radius 1 is 0.880 bits per heavy atom. The molecule has 0 fully saturated rings. The van der Waals surface area contributed by atoms with Gasteiger partial charge in [0.1, 0.15) is 0 Å². The van der Waals surface area contributed by atoms with Crippen molar-refractivity contribution in [2.24, 2.45) is 0 Å². The summed E-state index contributed by atoms with van der Waals surface area (Å²) in [6.07, 6.45) is 27.4. The quantitative estimate of drug-likeness (QED) is 0.226. The van der Waals surface area contributed by atoms with E-state index in [-0.39, 0.29) is 6.42 Å². The highest BCUT2D eigenvalue weighted by Crippen LogP contribution is 2.05. The van der Waals surface area contributed by atoms with E-state index in [1.165, 1.54) is 0 Å². The Labute approximate surface area is 153 Å². The average Bonchev–Trinajstić information content (AvgIpc) is 2.58. The van der Waals surface area contributed by atoms with Crippen molar-refractivity contribution in [1.82, 2.24) is 0 Å². The Balaban J connectivity index is 3.63. The van der Waals surface area contributed by atoms with Crippen molar-refractivity contribution in [2.45, 2.75) is 70.8 Å². The molecule has 3 heteroatoms. The van der Waals surface area contributed by atoms with Gasteiger partial charge in [-0.3, -0.25) is 4.79 Å². The first kappa shape index (κ1) is 23.1. The van der Waals surface area contributed by atoms with Crippen LogP contribution >= 0.6 is 0 Å². The van der Waals surface area contributed by atoms with Crippen molar-refractivity contribution in [3.05, 3.63) is 60.8 Å². The number of aliphatic hydroxyl groups is 1. The van der Waals surface area contributed by atoms with E-state index in [4.69, 9.17) is 5.11 Å². The van der Waals surface area contributed by atoms with Crippen molar-refractivity contribution in [2.75, 3.05) is 0 Å². The molecule has 0 bridgehead atoms. The van der Waals surface area contributed by atoms with E-state index in [9.17, 15) is 9.90 Å². The number of carboxylic acid groups (broad SMARTS) is 1. The summed E-state index contributed by atoms with van der Waals surface area (Å²) in [5.41, 5.74) is 0. The number of allylic oxidation sites excluding steroid dienone is 8. The van der Waals surface area contributed by atoms with Gasteiger partial charge in [-0.1, -0.05) is 74.1 Å². The zero-order valence-corrected chi connectivity index (χ0v) is 15.5. The molecule has 25 heavy (non-hydrogen) atoms. The van der Waals surface area contributed by atoms with Gasteiger partial charge < -0.3 is 10.2 Å². The highest BCUT2D eigenvalue weighted by molar-refractivity contribution is 5.66. The average molecular weight is 347 g/mol. The number of carboxylic acids is 1. The number of aliphatic hydroxyl groups excluding tert-OH is 1. The Kier molecular flexibility index (Phi) is 17.1. The third-order valence-electron chi connectivity index (χ3n) is 3.50. The number of hydrogen-bond donors (Lipinski definition) is 2. The standard InChI is InChI=1S/C22H34O3/c1-2-3-4-5-6-7-8-9-12-15-18-21(23)19-16-13-10-11-14-17-20-22(24)25/h3-4,6-7,9,12-13,15-16,18,21,23H,2,5,8,10-11,14,17,19-20H2,1H3,(H,24,25)/b4-3-,7-6-,12-9-,16-13-,18-15+/t21-/m1/s1. The van der Waals surface area contributed by atoms with Crippen LogP contribution in [0, 0.1) is 0 Å². The first-order chi connectivity index (χ1) is 12.2. The van der Waals surface area contributed by atoms with Gasteiger partial charge >= 0.3 is 5.97 Å². The molecule has 140 valence electrons. The van der Waals surface area contributed by atoms with Crippen LogP contribution in [0.3, 0.4) is 0 Å². The largest absolute Gasteiger partial charge is 0.481 e. The summed E-state index contributed by atoms with van der Waals surface area (Å²) < 4.78 is 0. The fourth-order valence-electron chi connectivity index (χ4n) is 2.11. The molecule has 3 nitrogen and oxygen atoms in total. The van der Waals surface area contributed by atoms with Crippen LogP contribution in [0.15, 0.2) is 60.8 Å². The number of rotatable bonds is 15. The second-order valence-corrected chi connectivity index (χ2v) is 5.90. The zero-order chi connectivity index (χ0) is 18.6. The molecular formula is C22H34O3. The second kappa shape index (κ2) is 18.5. The molecule has 2 N–H and O–H groups in total. The summed E-state index contributed by atoms with van der Waals surface area (Å²) in [6, 6.07) is 0. The molecule has 0 amide bonds. The van der Waals surface area contributed by atoms with Crippen LogP contribution in [-0.4, -0.2) is 22.3 Å². The lowest BCUT2D eigenvalue weighted by Gasteiger charge is -1.99. The minimum absolute atomic E-state index is 0.256. The van der Waals surface area contributed by atoms with E-state index in [1.54, 1.807) is 6.08 Å². The van der Waals surface area contributed by atoms with Gasteiger partial charge in [0, 0.05) is 6.42 Å². The van der Waals surface area contributed by atoms with Gasteiger partial charge in [-0.15, -0.1) is 0 Å². The lowest BCUT2D eigenvalue weighted by atomic mass is 10.1. The van der Waals surface area contributed by atoms with Crippen LogP contribution in [0.1, 0.15) is 64.7 Å². The number of hydrogen-bond acceptors (Lipinski definition) is 2. The predicted octanol–water partition coefficient (Wildman–Crippen LogP) is 5.74. The topological polar surface area (TPSA) is 57.5 Å². The van der Waals surface area contributed by atoms with E-state index in [0.717, 1.165) is 44.9 Å². The van der Waals surface area contributed by atoms with Crippen LogP contribution in [0.5, 0.6) is 0 Å². The zero-order valence-electron chi connectivity index (χ0n) is 15.5. The van der Waals surface area contributed by atoms with Gasteiger partial charge in [0.15, 0.2) is 0 Å². The third-order valence-corrected chi connectivity index (χ3v) is 3.50. The highest BCUT2D eigenvalue weighted by atomic mass is 16.4. The summed E-state index contributed by atoms with van der Waals surface area (Å²) in [6.45, 7) is 2.13. The SMILES string of the molecule is CC/C=C\C/C=C\C/C=C\C=C\[C@@H](O)C/C=C\CCCCCC(=O)O. The molecule has 0 aromatic carbocycles. The molecule has 0 aliphatic heterocycles. The van der Waals surface area contributed by atoms with Crippen LogP contribution in [0.25, 0.3) is 0 Å². The maximum atomic E-state index is 10.4. The predicted molar refractivity (Wildman–Crippen MR) is 107 cm³/mol. The third kappa shape index (κ3) is 20.1.